The fourth-order valence-electron chi connectivity index (χ4n) is 3.52. The van der Waals surface area contributed by atoms with Crippen molar-refractivity contribution in [3.05, 3.63) is 35.5 Å². The molecular weight excluding hydrogens is 240 g/mol. The molecule has 1 saturated heterocycles. The molecule has 0 aliphatic carbocycles. The first-order valence-electron chi connectivity index (χ1n) is 6.83. The third-order valence-electron chi connectivity index (χ3n) is 4.42. The molecule has 2 atom stereocenters. The van der Waals surface area contributed by atoms with Gasteiger partial charge in [0, 0.05) is 29.6 Å². The Morgan fingerprint density at radius 1 is 1.26 bits per heavy atom. The van der Waals surface area contributed by atoms with Gasteiger partial charge in [0.2, 0.25) is 5.91 Å². The van der Waals surface area contributed by atoms with Crippen LogP contribution in [-0.4, -0.2) is 33.5 Å². The average molecular weight is 256 g/mol. The van der Waals surface area contributed by atoms with Crippen LogP contribution in [0.1, 0.15) is 30.1 Å². The van der Waals surface area contributed by atoms with Crippen molar-refractivity contribution in [2.24, 2.45) is 0 Å². The number of H-pyrrole nitrogens is 1. The quantitative estimate of drug-likeness (QED) is 0.754. The van der Waals surface area contributed by atoms with Crippen molar-refractivity contribution < 1.29 is 9.90 Å². The minimum atomic E-state index is -0.454. The third kappa shape index (κ3) is 1.46. The Labute approximate surface area is 111 Å². The van der Waals surface area contributed by atoms with Crippen molar-refractivity contribution in [2.45, 2.75) is 31.4 Å². The molecule has 1 amide bonds. The lowest BCUT2D eigenvalue weighted by molar-refractivity contribution is -0.143. The molecule has 1 aromatic heterocycles. The van der Waals surface area contributed by atoms with Gasteiger partial charge in [-0.2, -0.15) is 0 Å². The van der Waals surface area contributed by atoms with Crippen LogP contribution >= 0.6 is 0 Å². The molecule has 1 fully saturated rings. The minimum absolute atomic E-state index is 0.166. The number of aliphatic hydroxyl groups is 1. The number of para-hydroxylation sites is 1. The SMILES string of the molecule is O=C1CC[C@@H](O)[C@H]2c3[nH]c4ccccc4c3CCN12. The highest BCUT2D eigenvalue weighted by molar-refractivity contribution is 5.86. The maximum Gasteiger partial charge on any atom is 0.223 e. The van der Waals surface area contributed by atoms with E-state index < -0.39 is 6.10 Å². The predicted molar refractivity (Wildman–Crippen MR) is 71.7 cm³/mol. The summed E-state index contributed by atoms with van der Waals surface area (Å²) in [5, 5.41) is 11.5. The van der Waals surface area contributed by atoms with Crippen LogP contribution in [0.15, 0.2) is 24.3 Å². The van der Waals surface area contributed by atoms with E-state index in [0.29, 0.717) is 12.8 Å². The number of aromatic amines is 1. The third-order valence-corrected chi connectivity index (χ3v) is 4.42. The van der Waals surface area contributed by atoms with Crippen molar-refractivity contribution >= 4 is 16.8 Å². The first-order chi connectivity index (χ1) is 9.25. The van der Waals surface area contributed by atoms with Gasteiger partial charge in [-0.05, 0) is 24.5 Å². The van der Waals surface area contributed by atoms with Gasteiger partial charge in [-0.1, -0.05) is 18.2 Å². The summed E-state index contributed by atoms with van der Waals surface area (Å²) >= 11 is 0. The van der Waals surface area contributed by atoms with Crippen LogP contribution in [0.3, 0.4) is 0 Å². The fourth-order valence-corrected chi connectivity index (χ4v) is 3.52. The smallest absolute Gasteiger partial charge is 0.223 e. The number of benzene rings is 1. The first kappa shape index (κ1) is 11.1. The number of aromatic nitrogens is 1. The van der Waals surface area contributed by atoms with E-state index in [0.717, 1.165) is 24.2 Å². The Morgan fingerprint density at radius 3 is 3.00 bits per heavy atom. The second-order valence-electron chi connectivity index (χ2n) is 5.45. The summed E-state index contributed by atoms with van der Waals surface area (Å²) in [6, 6.07) is 8.01. The highest BCUT2D eigenvalue weighted by Crippen LogP contribution is 2.39. The maximum atomic E-state index is 12.0. The molecule has 2 aliphatic rings. The zero-order valence-electron chi connectivity index (χ0n) is 10.6. The van der Waals surface area contributed by atoms with E-state index in [-0.39, 0.29) is 11.9 Å². The zero-order valence-corrected chi connectivity index (χ0v) is 10.6. The predicted octanol–water partition coefficient (Wildman–Crippen LogP) is 1.75. The van der Waals surface area contributed by atoms with E-state index in [1.165, 1.54) is 10.9 Å². The molecule has 0 unspecified atom stereocenters. The Balaban J connectivity index is 1.91. The summed E-state index contributed by atoms with van der Waals surface area (Å²) in [7, 11) is 0. The summed E-state index contributed by atoms with van der Waals surface area (Å²) in [6.45, 7) is 0.718. The van der Waals surface area contributed by atoms with Crippen LogP contribution in [0.2, 0.25) is 0 Å². The minimum Gasteiger partial charge on any atom is -0.391 e. The number of nitrogens with zero attached hydrogens (tertiary/aromatic N) is 1. The van der Waals surface area contributed by atoms with Gasteiger partial charge < -0.3 is 15.0 Å². The molecule has 4 nitrogen and oxygen atoms in total. The normalized spacial score (nSPS) is 26.4. The van der Waals surface area contributed by atoms with E-state index >= 15 is 0 Å². The highest BCUT2D eigenvalue weighted by atomic mass is 16.3. The number of hydrogen-bond acceptors (Lipinski definition) is 2. The van der Waals surface area contributed by atoms with Crippen molar-refractivity contribution in [1.82, 2.24) is 9.88 Å². The number of hydrogen-bond donors (Lipinski definition) is 2. The maximum absolute atomic E-state index is 12.0. The molecule has 0 saturated carbocycles. The molecule has 0 spiro atoms. The number of piperidine rings is 1. The summed E-state index contributed by atoms with van der Waals surface area (Å²) in [4.78, 5) is 17.3. The van der Waals surface area contributed by atoms with Crippen LogP contribution in [-0.2, 0) is 11.2 Å². The molecule has 4 rings (SSSR count). The molecule has 2 N–H and O–H groups in total. The second-order valence-corrected chi connectivity index (χ2v) is 5.45. The van der Waals surface area contributed by atoms with E-state index in [2.05, 4.69) is 17.1 Å². The molecule has 2 aliphatic heterocycles. The summed E-state index contributed by atoms with van der Waals surface area (Å²) in [5.74, 6) is 0.166. The fraction of sp³-hybridized carbons (Fsp3) is 0.400. The first-order valence-corrected chi connectivity index (χ1v) is 6.83. The summed E-state index contributed by atoms with van der Waals surface area (Å²) in [5.41, 5.74) is 3.40. The molecular formula is C15H16N2O2. The Morgan fingerprint density at radius 2 is 2.11 bits per heavy atom. The van der Waals surface area contributed by atoms with Gasteiger partial charge in [-0.3, -0.25) is 4.79 Å². The molecule has 1 aromatic carbocycles. The Bertz CT molecular complexity index is 661. The number of carbonyl (C=O) groups is 1. The van der Waals surface area contributed by atoms with Gasteiger partial charge in [0.25, 0.3) is 0 Å². The van der Waals surface area contributed by atoms with Crippen LogP contribution in [0.4, 0.5) is 0 Å². The van der Waals surface area contributed by atoms with Crippen LogP contribution in [0.25, 0.3) is 10.9 Å². The topological polar surface area (TPSA) is 56.3 Å². The van der Waals surface area contributed by atoms with Gasteiger partial charge in [0.05, 0.1) is 12.1 Å². The number of aliphatic hydroxyl groups excluding tert-OH is 1. The Hall–Kier alpha value is -1.81. The number of rotatable bonds is 0. The van der Waals surface area contributed by atoms with Gasteiger partial charge in [0.1, 0.15) is 0 Å². The standard InChI is InChI=1S/C15H16N2O2/c18-12-5-6-13(19)17-8-7-10-9-3-1-2-4-11(9)16-14(10)15(12)17/h1-4,12,15-16,18H,5-8H2/t12-,15+/m1/s1. The number of fused-ring (bicyclic) bond motifs is 5. The lowest BCUT2D eigenvalue weighted by Crippen LogP contribution is -2.48. The van der Waals surface area contributed by atoms with Crippen LogP contribution in [0.5, 0.6) is 0 Å². The van der Waals surface area contributed by atoms with Gasteiger partial charge >= 0.3 is 0 Å². The highest BCUT2D eigenvalue weighted by Gasteiger charge is 2.40. The second kappa shape index (κ2) is 3.84. The van der Waals surface area contributed by atoms with E-state index in [9.17, 15) is 9.90 Å². The van der Waals surface area contributed by atoms with Crippen molar-refractivity contribution in [3.8, 4) is 0 Å². The number of amides is 1. The molecule has 0 radical (unpaired) electrons. The Kier molecular flexibility index (Phi) is 2.23. The van der Waals surface area contributed by atoms with Crippen LogP contribution in [0, 0.1) is 0 Å². The lowest BCUT2D eigenvalue weighted by atomic mass is 9.88. The molecule has 19 heavy (non-hydrogen) atoms. The molecule has 2 aromatic rings. The van der Waals surface area contributed by atoms with Gasteiger partial charge in [-0.25, -0.2) is 0 Å². The summed E-state index contributed by atoms with van der Waals surface area (Å²) in [6.07, 6.45) is 1.45. The zero-order chi connectivity index (χ0) is 13.0. The summed E-state index contributed by atoms with van der Waals surface area (Å²) < 4.78 is 0. The van der Waals surface area contributed by atoms with E-state index in [1.54, 1.807) is 0 Å². The molecule has 98 valence electrons. The van der Waals surface area contributed by atoms with Crippen molar-refractivity contribution in [1.29, 1.82) is 0 Å². The van der Waals surface area contributed by atoms with Gasteiger partial charge in [0.15, 0.2) is 0 Å². The molecule has 0 bridgehead atoms. The van der Waals surface area contributed by atoms with E-state index in [1.807, 2.05) is 17.0 Å². The number of carbonyl (C=O) groups excluding carboxylic acids is 1. The molecule has 3 heterocycles. The lowest BCUT2D eigenvalue weighted by Gasteiger charge is -2.41. The van der Waals surface area contributed by atoms with Crippen LogP contribution < -0.4 is 0 Å². The largest absolute Gasteiger partial charge is 0.391 e. The van der Waals surface area contributed by atoms with Crippen molar-refractivity contribution in [3.63, 3.8) is 0 Å². The average Bonchev–Trinajstić information content (AvgIpc) is 2.81. The number of nitrogens with one attached hydrogen (secondary N) is 1. The van der Waals surface area contributed by atoms with Gasteiger partial charge in [-0.15, -0.1) is 0 Å². The van der Waals surface area contributed by atoms with Crippen molar-refractivity contribution in [2.75, 3.05) is 6.54 Å². The monoisotopic (exact) mass is 256 g/mol. The van der Waals surface area contributed by atoms with E-state index in [4.69, 9.17) is 0 Å². The molecule has 4 heteroatoms.